The van der Waals surface area contributed by atoms with E-state index < -0.39 is 10.0 Å². The molecule has 2 aliphatic heterocycles. The van der Waals surface area contributed by atoms with E-state index in [4.69, 9.17) is 0 Å². The van der Waals surface area contributed by atoms with Crippen LogP contribution in [0.4, 0.5) is 5.69 Å². The number of amides is 1. The second kappa shape index (κ2) is 10.7. The highest BCUT2D eigenvalue weighted by molar-refractivity contribution is 7.89. The predicted octanol–water partition coefficient (Wildman–Crippen LogP) is 2.80. The van der Waals surface area contributed by atoms with Gasteiger partial charge in [0, 0.05) is 63.1 Å². The fourth-order valence-electron chi connectivity index (χ4n) is 4.50. The highest BCUT2D eigenvalue weighted by Crippen LogP contribution is 2.22. The molecule has 0 radical (unpaired) electrons. The Morgan fingerprint density at radius 3 is 2.33 bits per heavy atom. The van der Waals surface area contributed by atoms with E-state index in [0.717, 1.165) is 52.0 Å². The lowest BCUT2D eigenvalue weighted by Gasteiger charge is -2.36. The van der Waals surface area contributed by atoms with Crippen LogP contribution in [0.5, 0.6) is 0 Å². The zero-order valence-electron chi connectivity index (χ0n) is 19.3. The Morgan fingerprint density at radius 1 is 0.939 bits per heavy atom. The van der Waals surface area contributed by atoms with Crippen molar-refractivity contribution in [1.82, 2.24) is 14.5 Å². The average Bonchev–Trinajstić information content (AvgIpc) is 3.40. The van der Waals surface area contributed by atoms with Crippen molar-refractivity contribution in [3.05, 3.63) is 60.2 Å². The zero-order valence-corrected chi connectivity index (χ0v) is 20.1. The number of carbonyl (C=O) groups excluding carboxylic acids is 1. The third-order valence-electron chi connectivity index (χ3n) is 6.55. The Hall–Kier alpha value is -2.42. The van der Waals surface area contributed by atoms with Crippen LogP contribution in [-0.4, -0.2) is 75.4 Å². The summed E-state index contributed by atoms with van der Waals surface area (Å²) >= 11 is 0. The van der Waals surface area contributed by atoms with Crippen molar-refractivity contribution in [3.8, 4) is 0 Å². The van der Waals surface area contributed by atoms with Gasteiger partial charge in [-0.1, -0.05) is 24.3 Å². The minimum Gasteiger partial charge on any atom is -0.369 e. The molecule has 0 saturated carbocycles. The van der Waals surface area contributed by atoms with E-state index in [1.54, 1.807) is 18.2 Å². The summed E-state index contributed by atoms with van der Waals surface area (Å²) in [6.07, 6.45) is 2.62. The number of sulfonamides is 1. The molecule has 2 aromatic rings. The molecule has 8 heteroatoms. The molecular formula is C25H34N4O3S. The van der Waals surface area contributed by atoms with Gasteiger partial charge in [-0.3, -0.25) is 9.69 Å². The third kappa shape index (κ3) is 5.93. The Balaban J connectivity index is 1.25. The van der Waals surface area contributed by atoms with Crippen LogP contribution in [0.1, 0.15) is 36.5 Å². The zero-order chi connectivity index (χ0) is 23.3. The van der Waals surface area contributed by atoms with E-state index in [9.17, 15) is 13.2 Å². The number of piperazine rings is 1. The van der Waals surface area contributed by atoms with Crippen molar-refractivity contribution < 1.29 is 13.2 Å². The maximum absolute atomic E-state index is 12.8. The first-order valence-corrected chi connectivity index (χ1v) is 13.3. The summed E-state index contributed by atoms with van der Waals surface area (Å²) in [5.74, 6) is -0.227. The highest BCUT2D eigenvalue weighted by Gasteiger charge is 2.27. The van der Waals surface area contributed by atoms with Gasteiger partial charge in [-0.2, -0.15) is 4.31 Å². The largest absolute Gasteiger partial charge is 0.369 e. The quantitative estimate of drug-likeness (QED) is 0.642. The number of nitrogens with zero attached hydrogens (tertiary/aromatic N) is 3. The molecule has 2 saturated heterocycles. The smallest absolute Gasteiger partial charge is 0.251 e. The molecule has 1 amide bonds. The number of rotatable bonds is 8. The van der Waals surface area contributed by atoms with Crippen molar-refractivity contribution in [2.75, 3.05) is 50.7 Å². The second-order valence-electron chi connectivity index (χ2n) is 8.97. The van der Waals surface area contributed by atoms with E-state index in [-0.39, 0.29) is 16.8 Å². The Bertz CT molecular complexity index is 1030. The number of nitrogens with one attached hydrogen (secondary N) is 1. The SMILES string of the molecule is C[C@H](CCN1CCN(c2ccccc2)CC1)NC(=O)c1cccc(S(=O)(=O)N2CCCC2)c1. The average molecular weight is 471 g/mol. The lowest BCUT2D eigenvalue weighted by molar-refractivity contribution is 0.0935. The van der Waals surface area contributed by atoms with Crippen LogP contribution in [0.3, 0.4) is 0 Å². The molecule has 2 aromatic carbocycles. The molecule has 1 atom stereocenters. The van der Waals surface area contributed by atoms with E-state index in [0.29, 0.717) is 18.7 Å². The third-order valence-corrected chi connectivity index (χ3v) is 8.44. The van der Waals surface area contributed by atoms with Crippen molar-refractivity contribution in [3.63, 3.8) is 0 Å². The molecule has 178 valence electrons. The summed E-state index contributed by atoms with van der Waals surface area (Å²) in [5.41, 5.74) is 1.66. The summed E-state index contributed by atoms with van der Waals surface area (Å²) in [4.78, 5) is 17.8. The van der Waals surface area contributed by atoms with E-state index in [1.165, 1.54) is 16.1 Å². The van der Waals surface area contributed by atoms with Crippen LogP contribution in [-0.2, 0) is 10.0 Å². The summed E-state index contributed by atoms with van der Waals surface area (Å²) in [6, 6.07) is 16.9. The number of carbonyl (C=O) groups is 1. The van der Waals surface area contributed by atoms with E-state index in [2.05, 4.69) is 39.4 Å². The van der Waals surface area contributed by atoms with Gasteiger partial charge in [0.15, 0.2) is 0 Å². The molecule has 2 aliphatic rings. The molecule has 0 spiro atoms. The van der Waals surface area contributed by atoms with Gasteiger partial charge in [-0.25, -0.2) is 8.42 Å². The standard InChI is InChI=1S/C25H34N4O3S/c1-21(12-15-27-16-18-28(19-17-27)23-9-3-2-4-10-23)26-25(30)22-8-7-11-24(20-22)33(31,32)29-13-5-6-14-29/h2-4,7-11,20-21H,5-6,12-19H2,1H3,(H,26,30)/t21-/m1/s1. The van der Waals surface area contributed by atoms with Gasteiger partial charge in [-0.15, -0.1) is 0 Å². The van der Waals surface area contributed by atoms with E-state index >= 15 is 0 Å². The molecule has 7 nitrogen and oxygen atoms in total. The molecule has 2 fully saturated rings. The van der Waals surface area contributed by atoms with Crippen molar-refractivity contribution in [2.24, 2.45) is 0 Å². The van der Waals surface area contributed by atoms with Gasteiger partial charge in [-0.05, 0) is 56.5 Å². The number of anilines is 1. The van der Waals surface area contributed by atoms with Crippen LogP contribution in [0, 0.1) is 0 Å². The van der Waals surface area contributed by atoms with Crippen molar-refractivity contribution in [1.29, 1.82) is 0 Å². The first-order valence-electron chi connectivity index (χ1n) is 11.9. The summed E-state index contributed by atoms with van der Waals surface area (Å²) in [5, 5.41) is 3.03. The molecule has 4 rings (SSSR count). The Labute approximate surface area is 197 Å². The number of hydrogen-bond donors (Lipinski definition) is 1. The van der Waals surface area contributed by atoms with Crippen LogP contribution in [0.15, 0.2) is 59.5 Å². The number of para-hydroxylation sites is 1. The first kappa shape index (κ1) is 23.7. The molecule has 0 bridgehead atoms. The topological polar surface area (TPSA) is 73.0 Å². The Morgan fingerprint density at radius 2 is 1.64 bits per heavy atom. The highest BCUT2D eigenvalue weighted by atomic mass is 32.2. The van der Waals surface area contributed by atoms with Gasteiger partial charge in [0.2, 0.25) is 10.0 Å². The maximum Gasteiger partial charge on any atom is 0.251 e. The van der Waals surface area contributed by atoms with Crippen molar-refractivity contribution >= 4 is 21.6 Å². The van der Waals surface area contributed by atoms with Gasteiger partial charge >= 0.3 is 0 Å². The molecule has 0 aliphatic carbocycles. The normalized spacial score (nSPS) is 18.9. The molecule has 1 N–H and O–H groups in total. The van der Waals surface area contributed by atoms with Crippen LogP contribution in [0.25, 0.3) is 0 Å². The lowest BCUT2D eigenvalue weighted by Crippen LogP contribution is -2.47. The van der Waals surface area contributed by atoms with Crippen LogP contribution >= 0.6 is 0 Å². The van der Waals surface area contributed by atoms with Crippen molar-refractivity contribution in [2.45, 2.75) is 37.1 Å². The molecular weight excluding hydrogens is 436 g/mol. The number of hydrogen-bond acceptors (Lipinski definition) is 5. The second-order valence-corrected chi connectivity index (χ2v) is 10.9. The first-order chi connectivity index (χ1) is 15.9. The maximum atomic E-state index is 12.8. The molecule has 0 unspecified atom stereocenters. The minimum absolute atomic E-state index is 0.00324. The van der Waals surface area contributed by atoms with Gasteiger partial charge in [0.25, 0.3) is 5.91 Å². The lowest BCUT2D eigenvalue weighted by atomic mass is 10.1. The van der Waals surface area contributed by atoms with Crippen LogP contribution in [0.2, 0.25) is 0 Å². The summed E-state index contributed by atoms with van der Waals surface area (Å²) < 4.78 is 27.1. The van der Waals surface area contributed by atoms with E-state index in [1.807, 2.05) is 13.0 Å². The van der Waals surface area contributed by atoms with Gasteiger partial charge in [0.05, 0.1) is 4.90 Å². The fourth-order valence-corrected chi connectivity index (χ4v) is 6.06. The summed E-state index contributed by atoms with van der Waals surface area (Å²) in [7, 11) is -3.53. The molecule has 33 heavy (non-hydrogen) atoms. The molecule has 0 aromatic heterocycles. The molecule has 2 heterocycles. The van der Waals surface area contributed by atoms with Gasteiger partial charge in [0.1, 0.15) is 0 Å². The monoisotopic (exact) mass is 470 g/mol. The fraction of sp³-hybridized carbons (Fsp3) is 0.480. The number of benzene rings is 2. The minimum atomic E-state index is -3.53. The predicted molar refractivity (Wildman–Crippen MR) is 131 cm³/mol. The van der Waals surface area contributed by atoms with Crippen LogP contribution < -0.4 is 10.2 Å². The van der Waals surface area contributed by atoms with Gasteiger partial charge < -0.3 is 10.2 Å². The summed E-state index contributed by atoms with van der Waals surface area (Å²) in [6.45, 7) is 8.05. The Kier molecular flexibility index (Phi) is 7.67.